The summed E-state index contributed by atoms with van der Waals surface area (Å²) in [5.41, 5.74) is 0. The van der Waals surface area contributed by atoms with Gasteiger partial charge in [0.15, 0.2) is 0 Å². The van der Waals surface area contributed by atoms with E-state index in [0.717, 1.165) is 19.5 Å². The van der Waals surface area contributed by atoms with E-state index in [1.165, 1.54) is 19.3 Å². The van der Waals surface area contributed by atoms with Crippen LogP contribution in [-0.2, 0) is 0 Å². The highest BCUT2D eigenvalue weighted by Crippen LogP contribution is 2.05. The molecule has 0 amide bonds. The molecule has 2 heteroatoms. The zero-order chi connectivity index (χ0) is 8.53. The van der Waals surface area contributed by atoms with Gasteiger partial charge in [0.25, 0.3) is 0 Å². The van der Waals surface area contributed by atoms with Gasteiger partial charge in [-0.15, -0.1) is 11.6 Å². The largest absolute Gasteiger partial charge is 0.315 e. The number of hydrogen-bond acceptors (Lipinski definition) is 1. The van der Waals surface area contributed by atoms with Gasteiger partial charge in [0.1, 0.15) is 0 Å². The van der Waals surface area contributed by atoms with E-state index < -0.39 is 0 Å². The summed E-state index contributed by atoms with van der Waals surface area (Å²) in [7, 11) is 0. The summed E-state index contributed by atoms with van der Waals surface area (Å²) in [5, 5.41) is 3.65. The molecular formula is C9H20ClN. The van der Waals surface area contributed by atoms with Gasteiger partial charge in [0, 0.05) is 11.9 Å². The maximum absolute atomic E-state index is 6.03. The smallest absolute Gasteiger partial charge is 0.0460 e. The van der Waals surface area contributed by atoms with Crippen molar-refractivity contribution in [1.82, 2.24) is 5.32 Å². The highest BCUT2D eigenvalue weighted by Gasteiger charge is 2.01. The predicted octanol–water partition coefficient (Wildman–Crippen LogP) is 2.78. The van der Waals surface area contributed by atoms with Crippen LogP contribution in [0.1, 0.15) is 39.5 Å². The summed E-state index contributed by atoms with van der Waals surface area (Å²) < 4.78 is 0. The molecule has 0 spiro atoms. The summed E-state index contributed by atoms with van der Waals surface area (Å²) in [6.07, 6.45) is 4.84. The van der Waals surface area contributed by atoms with Gasteiger partial charge in [0.05, 0.1) is 0 Å². The van der Waals surface area contributed by atoms with Crippen LogP contribution in [0.5, 0.6) is 0 Å². The Labute approximate surface area is 75.5 Å². The lowest BCUT2D eigenvalue weighted by molar-refractivity contribution is 0.601. The Kier molecular flexibility index (Phi) is 8.54. The molecule has 1 N–H and O–H groups in total. The van der Waals surface area contributed by atoms with E-state index in [4.69, 9.17) is 11.6 Å². The average Bonchev–Trinajstić information content (AvgIpc) is 2.01. The lowest BCUT2D eigenvalue weighted by Gasteiger charge is -2.08. The molecule has 0 radical (unpaired) electrons. The molecule has 0 aliphatic carbocycles. The Morgan fingerprint density at radius 2 is 2.00 bits per heavy atom. The summed E-state index contributed by atoms with van der Waals surface area (Å²) in [6.45, 7) is 6.43. The molecule has 11 heavy (non-hydrogen) atoms. The van der Waals surface area contributed by atoms with Crippen LogP contribution in [0.2, 0.25) is 0 Å². The van der Waals surface area contributed by atoms with E-state index in [0.29, 0.717) is 5.38 Å². The molecule has 1 unspecified atom stereocenters. The van der Waals surface area contributed by atoms with E-state index in [1.54, 1.807) is 0 Å². The minimum atomic E-state index is 0.335. The molecule has 0 aromatic heterocycles. The molecule has 0 saturated heterocycles. The normalized spacial score (nSPS) is 13.4. The standard InChI is InChI=1S/C9H20ClN/c1-3-5-6-9(10)8-11-7-4-2/h9,11H,3-8H2,1-2H3. The van der Waals surface area contributed by atoms with Crippen LogP contribution in [0.4, 0.5) is 0 Å². The lowest BCUT2D eigenvalue weighted by atomic mass is 10.2. The fourth-order valence-corrected chi connectivity index (χ4v) is 1.23. The highest BCUT2D eigenvalue weighted by atomic mass is 35.5. The summed E-state index contributed by atoms with van der Waals surface area (Å²) >= 11 is 6.03. The number of nitrogens with one attached hydrogen (secondary N) is 1. The maximum Gasteiger partial charge on any atom is 0.0460 e. The second-order valence-corrected chi connectivity index (χ2v) is 3.56. The Hall–Kier alpha value is 0.250. The van der Waals surface area contributed by atoms with Crippen molar-refractivity contribution >= 4 is 11.6 Å². The first-order chi connectivity index (χ1) is 5.31. The number of unbranched alkanes of at least 4 members (excludes halogenated alkanes) is 1. The van der Waals surface area contributed by atoms with Gasteiger partial charge in [-0.05, 0) is 19.4 Å². The Morgan fingerprint density at radius 1 is 1.27 bits per heavy atom. The second kappa shape index (κ2) is 8.35. The molecule has 0 aromatic carbocycles. The zero-order valence-electron chi connectivity index (χ0n) is 7.70. The first kappa shape index (κ1) is 11.2. The van der Waals surface area contributed by atoms with Crippen molar-refractivity contribution in [3.63, 3.8) is 0 Å². The number of alkyl halides is 1. The Bertz CT molecular complexity index is 76.0. The molecule has 0 rings (SSSR count). The van der Waals surface area contributed by atoms with Crippen molar-refractivity contribution < 1.29 is 0 Å². The van der Waals surface area contributed by atoms with Gasteiger partial charge < -0.3 is 5.32 Å². The minimum Gasteiger partial charge on any atom is -0.315 e. The summed E-state index contributed by atoms with van der Waals surface area (Å²) in [5.74, 6) is 0. The molecule has 0 fully saturated rings. The van der Waals surface area contributed by atoms with Crippen molar-refractivity contribution in [2.45, 2.75) is 44.9 Å². The van der Waals surface area contributed by atoms with Crippen molar-refractivity contribution in [3.05, 3.63) is 0 Å². The molecule has 0 aliphatic rings. The lowest BCUT2D eigenvalue weighted by Crippen LogP contribution is -2.23. The molecule has 1 nitrogen and oxygen atoms in total. The van der Waals surface area contributed by atoms with E-state index in [1.807, 2.05) is 0 Å². The van der Waals surface area contributed by atoms with E-state index in [9.17, 15) is 0 Å². The number of rotatable bonds is 7. The van der Waals surface area contributed by atoms with Crippen LogP contribution in [-0.4, -0.2) is 18.5 Å². The molecule has 0 aliphatic heterocycles. The molecule has 0 bridgehead atoms. The molecular weight excluding hydrogens is 158 g/mol. The fourth-order valence-electron chi connectivity index (χ4n) is 0.963. The molecule has 1 atom stereocenters. The average molecular weight is 178 g/mol. The van der Waals surface area contributed by atoms with E-state index in [2.05, 4.69) is 19.2 Å². The quantitative estimate of drug-likeness (QED) is 0.466. The number of hydrogen-bond donors (Lipinski definition) is 1. The van der Waals surface area contributed by atoms with Crippen LogP contribution in [0.3, 0.4) is 0 Å². The van der Waals surface area contributed by atoms with Crippen molar-refractivity contribution in [2.75, 3.05) is 13.1 Å². The highest BCUT2D eigenvalue weighted by molar-refractivity contribution is 6.20. The third kappa shape index (κ3) is 8.15. The van der Waals surface area contributed by atoms with Crippen LogP contribution < -0.4 is 5.32 Å². The SMILES string of the molecule is CCCCC(Cl)CNCCC. The molecule has 0 heterocycles. The van der Waals surface area contributed by atoms with Gasteiger partial charge >= 0.3 is 0 Å². The second-order valence-electron chi connectivity index (χ2n) is 2.94. The van der Waals surface area contributed by atoms with Gasteiger partial charge in [-0.2, -0.15) is 0 Å². The van der Waals surface area contributed by atoms with Crippen LogP contribution in [0, 0.1) is 0 Å². The summed E-state index contributed by atoms with van der Waals surface area (Å²) in [4.78, 5) is 0. The Balaban J connectivity index is 3.02. The molecule has 68 valence electrons. The van der Waals surface area contributed by atoms with Crippen LogP contribution in [0.15, 0.2) is 0 Å². The van der Waals surface area contributed by atoms with Crippen LogP contribution >= 0.6 is 11.6 Å². The number of halogens is 1. The first-order valence-corrected chi connectivity index (χ1v) is 5.09. The van der Waals surface area contributed by atoms with Crippen molar-refractivity contribution in [1.29, 1.82) is 0 Å². The minimum absolute atomic E-state index is 0.335. The summed E-state index contributed by atoms with van der Waals surface area (Å²) in [6, 6.07) is 0. The topological polar surface area (TPSA) is 12.0 Å². The third-order valence-electron chi connectivity index (χ3n) is 1.66. The van der Waals surface area contributed by atoms with Gasteiger partial charge in [-0.3, -0.25) is 0 Å². The molecule has 0 aromatic rings. The van der Waals surface area contributed by atoms with E-state index in [-0.39, 0.29) is 0 Å². The zero-order valence-corrected chi connectivity index (χ0v) is 8.45. The van der Waals surface area contributed by atoms with Gasteiger partial charge in [0.2, 0.25) is 0 Å². The van der Waals surface area contributed by atoms with Crippen molar-refractivity contribution in [3.8, 4) is 0 Å². The Morgan fingerprint density at radius 3 is 2.55 bits per heavy atom. The fraction of sp³-hybridized carbons (Fsp3) is 1.00. The maximum atomic E-state index is 6.03. The van der Waals surface area contributed by atoms with Gasteiger partial charge in [-0.25, -0.2) is 0 Å². The first-order valence-electron chi connectivity index (χ1n) is 4.66. The monoisotopic (exact) mass is 177 g/mol. The van der Waals surface area contributed by atoms with Gasteiger partial charge in [-0.1, -0.05) is 26.7 Å². The predicted molar refractivity (Wildman–Crippen MR) is 52.3 cm³/mol. The van der Waals surface area contributed by atoms with Crippen LogP contribution in [0.25, 0.3) is 0 Å². The van der Waals surface area contributed by atoms with Crippen molar-refractivity contribution in [2.24, 2.45) is 0 Å². The molecule has 0 saturated carbocycles. The van der Waals surface area contributed by atoms with E-state index >= 15 is 0 Å². The third-order valence-corrected chi connectivity index (χ3v) is 2.04.